The van der Waals surface area contributed by atoms with Crippen LogP contribution in [0.25, 0.3) is 5.69 Å². The number of para-hydroxylation sites is 2. The van der Waals surface area contributed by atoms with E-state index < -0.39 is 0 Å². The highest BCUT2D eigenvalue weighted by Gasteiger charge is 2.25. The summed E-state index contributed by atoms with van der Waals surface area (Å²) in [7, 11) is 1.53. The Morgan fingerprint density at radius 3 is 2.30 bits per heavy atom. The number of hydrogen-bond acceptors (Lipinski definition) is 8. The standard InChI is InChI=1S/C40H41N5O4S/c1-41-38(46)28-37(45(40(41)48)32-14-6-3-7-15-32)43-22-10-20-42(24-25-43)21-11-23-44-33-16-8-9-17-35(33)50-36-19-18-31(26-34(36)44)27-39(47)49-29-30-12-4-2-5-13-30/h2-9,12-19,26,28H,10-11,20-25,27,29H2,1H3. The number of rotatable bonds is 10. The van der Waals surface area contributed by atoms with Gasteiger partial charge in [-0.2, -0.15) is 0 Å². The van der Waals surface area contributed by atoms with Crippen LogP contribution in [0.4, 0.5) is 17.2 Å². The smallest absolute Gasteiger partial charge is 0.336 e. The van der Waals surface area contributed by atoms with Gasteiger partial charge in [0.15, 0.2) is 0 Å². The lowest BCUT2D eigenvalue weighted by Gasteiger charge is -2.34. The van der Waals surface area contributed by atoms with Gasteiger partial charge in [-0.15, -0.1) is 0 Å². The fourth-order valence-corrected chi connectivity index (χ4v) is 7.80. The number of hydrogen-bond donors (Lipinski definition) is 0. The van der Waals surface area contributed by atoms with Gasteiger partial charge in [-0.05, 0) is 73.5 Å². The molecule has 7 rings (SSSR count). The molecule has 0 radical (unpaired) electrons. The van der Waals surface area contributed by atoms with E-state index in [1.54, 1.807) is 22.4 Å². The number of aromatic nitrogens is 2. The lowest BCUT2D eigenvalue weighted by atomic mass is 10.1. The highest BCUT2D eigenvalue weighted by molar-refractivity contribution is 7.99. The Balaban J connectivity index is 1.02. The Bertz CT molecular complexity index is 2080. The van der Waals surface area contributed by atoms with Gasteiger partial charge in [-0.25, -0.2) is 9.36 Å². The lowest BCUT2D eigenvalue weighted by molar-refractivity contribution is -0.144. The first-order valence-corrected chi connectivity index (χ1v) is 18.0. The molecule has 1 saturated heterocycles. The van der Waals surface area contributed by atoms with Crippen LogP contribution in [-0.2, 0) is 29.6 Å². The van der Waals surface area contributed by atoms with Gasteiger partial charge >= 0.3 is 11.7 Å². The zero-order valence-electron chi connectivity index (χ0n) is 28.2. The molecule has 0 atom stereocenters. The molecule has 5 aromatic rings. The molecule has 0 saturated carbocycles. The van der Waals surface area contributed by atoms with Crippen molar-refractivity contribution in [1.82, 2.24) is 14.0 Å². The molecule has 2 aliphatic heterocycles. The molecule has 10 heteroatoms. The van der Waals surface area contributed by atoms with E-state index in [1.165, 1.54) is 22.5 Å². The summed E-state index contributed by atoms with van der Waals surface area (Å²) in [5.74, 6) is 0.404. The number of esters is 1. The molecule has 50 heavy (non-hydrogen) atoms. The largest absolute Gasteiger partial charge is 0.461 e. The van der Waals surface area contributed by atoms with Gasteiger partial charge in [0.25, 0.3) is 5.56 Å². The lowest BCUT2D eigenvalue weighted by Crippen LogP contribution is -2.42. The van der Waals surface area contributed by atoms with Crippen LogP contribution >= 0.6 is 11.8 Å². The van der Waals surface area contributed by atoms with Crippen molar-refractivity contribution in [3.63, 3.8) is 0 Å². The minimum absolute atomic E-state index is 0.218. The maximum Gasteiger partial charge on any atom is 0.336 e. The topological polar surface area (TPSA) is 80.0 Å². The number of fused-ring (bicyclic) bond motifs is 2. The molecule has 2 aliphatic rings. The third-order valence-electron chi connectivity index (χ3n) is 9.35. The Hall–Kier alpha value is -5.06. The molecule has 0 unspecified atom stereocenters. The van der Waals surface area contributed by atoms with Crippen molar-refractivity contribution in [2.24, 2.45) is 7.05 Å². The molecule has 1 aromatic heterocycles. The van der Waals surface area contributed by atoms with Gasteiger partial charge in [0.05, 0.1) is 23.5 Å². The summed E-state index contributed by atoms with van der Waals surface area (Å²) in [6, 6.07) is 35.7. The molecular formula is C40H41N5O4S. The van der Waals surface area contributed by atoms with E-state index in [2.05, 4.69) is 51.1 Å². The van der Waals surface area contributed by atoms with Crippen molar-refractivity contribution >= 4 is 34.9 Å². The number of carbonyl (C=O) groups excluding carboxylic acids is 1. The Kier molecular flexibility index (Phi) is 10.2. The molecule has 9 nitrogen and oxygen atoms in total. The molecule has 0 spiro atoms. The van der Waals surface area contributed by atoms with Gasteiger partial charge < -0.3 is 19.4 Å². The van der Waals surface area contributed by atoms with Crippen LogP contribution in [0.15, 0.2) is 129 Å². The number of benzene rings is 4. The summed E-state index contributed by atoms with van der Waals surface area (Å²) < 4.78 is 8.40. The predicted octanol–water partition coefficient (Wildman–Crippen LogP) is 6.03. The molecular weight excluding hydrogens is 647 g/mol. The third kappa shape index (κ3) is 7.41. The molecule has 0 amide bonds. The van der Waals surface area contributed by atoms with Gasteiger partial charge in [0.1, 0.15) is 12.4 Å². The summed E-state index contributed by atoms with van der Waals surface area (Å²) >= 11 is 1.76. The molecule has 3 heterocycles. The van der Waals surface area contributed by atoms with Crippen LogP contribution in [0.3, 0.4) is 0 Å². The summed E-state index contributed by atoms with van der Waals surface area (Å²) in [4.78, 5) is 48.3. The summed E-state index contributed by atoms with van der Waals surface area (Å²) in [5.41, 5.74) is 4.31. The zero-order valence-corrected chi connectivity index (χ0v) is 29.1. The first-order chi connectivity index (χ1) is 24.4. The fraction of sp³-hybridized carbons (Fsp3) is 0.275. The monoisotopic (exact) mass is 687 g/mol. The van der Waals surface area contributed by atoms with Gasteiger partial charge in [0, 0.05) is 49.1 Å². The third-order valence-corrected chi connectivity index (χ3v) is 10.5. The molecule has 256 valence electrons. The SMILES string of the molecule is Cn1c(=O)cc(N2CCCN(CCCN3c4ccccc4Sc4ccc(CC(=O)OCc5ccccc5)cc43)CC2)n(-c2ccccc2)c1=O. The highest BCUT2D eigenvalue weighted by Crippen LogP contribution is 2.48. The minimum atomic E-state index is -0.340. The van der Waals surface area contributed by atoms with Crippen molar-refractivity contribution in [3.8, 4) is 5.69 Å². The van der Waals surface area contributed by atoms with E-state index in [-0.39, 0.29) is 30.2 Å². The van der Waals surface area contributed by atoms with Crippen LogP contribution < -0.4 is 21.0 Å². The maximum atomic E-state index is 13.3. The van der Waals surface area contributed by atoms with Crippen molar-refractivity contribution in [2.75, 3.05) is 49.1 Å². The van der Waals surface area contributed by atoms with E-state index in [0.29, 0.717) is 5.82 Å². The van der Waals surface area contributed by atoms with Crippen molar-refractivity contribution in [1.29, 1.82) is 0 Å². The average molecular weight is 688 g/mol. The molecule has 0 bridgehead atoms. The van der Waals surface area contributed by atoms with Gasteiger partial charge in [0.2, 0.25) is 0 Å². The Labute approximate surface area is 296 Å². The van der Waals surface area contributed by atoms with E-state index >= 15 is 0 Å². The predicted molar refractivity (Wildman–Crippen MR) is 199 cm³/mol. The quantitative estimate of drug-likeness (QED) is 0.165. The van der Waals surface area contributed by atoms with Crippen LogP contribution in [0.2, 0.25) is 0 Å². The first kappa shape index (κ1) is 33.4. The molecule has 1 fully saturated rings. The van der Waals surface area contributed by atoms with Crippen LogP contribution in [0, 0.1) is 0 Å². The van der Waals surface area contributed by atoms with Crippen molar-refractivity contribution < 1.29 is 9.53 Å². The highest BCUT2D eigenvalue weighted by atomic mass is 32.2. The van der Waals surface area contributed by atoms with Crippen LogP contribution in [0.5, 0.6) is 0 Å². The molecule has 0 aliphatic carbocycles. The Morgan fingerprint density at radius 1 is 0.740 bits per heavy atom. The van der Waals surface area contributed by atoms with Gasteiger partial charge in [-0.3, -0.25) is 14.2 Å². The first-order valence-electron chi connectivity index (χ1n) is 17.2. The van der Waals surface area contributed by atoms with Crippen molar-refractivity contribution in [2.45, 2.75) is 35.7 Å². The number of ether oxygens (including phenoxy) is 1. The number of carbonyl (C=O) groups is 1. The average Bonchev–Trinajstić information content (AvgIpc) is 3.39. The molecule has 4 aromatic carbocycles. The van der Waals surface area contributed by atoms with E-state index in [0.717, 1.165) is 79.2 Å². The van der Waals surface area contributed by atoms with Gasteiger partial charge in [-0.1, -0.05) is 78.5 Å². The molecule has 0 N–H and O–H groups in total. The maximum absolute atomic E-state index is 13.3. The van der Waals surface area contributed by atoms with E-state index in [1.807, 2.05) is 66.7 Å². The zero-order chi connectivity index (χ0) is 34.5. The second-order valence-electron chi connectivity index (χ2n) is 12.7. The second-order valence-corrected chi connectivity index (χ2v) is 13.8. The van der Waals surface area contributed by atoms with Crippen LogP contribution in [-0.4, -0.2) is 59.3 Å². The van der Waals surface area contributed by atoms with Crippen molar-refractivity contribution in [3.05, 3.63) is 141 Å². The number of nitrogens with zero attached hydrogens (tertiary/aromatic N) is 5. The van der Waals surface area contributed by atoms with E-state index in [4.69, 9.17) is 4.74 Å². The van der Waals surface area contributed by atoms with Crippen LogP contribution in [0.1, 0.15) is 24.0 Å². The summed E-state index contributed by atoms with van der Waals surface area (Å²) in [6.07, 6.45) is 2.09. The summed E-state index contributed by atoms with van der Waals surface area (Å²) in [5, 5.41) is 0. The Morgan fingerprint density at radius 2 is 1.48 bits per heavy atom. The normalized spacial score (nSPS) is 14.5. The van der Waals surface area contributed by atoms with E-state index in [9.17, 15) is 14.4 Å². The summed E-state index contributed by atoms with van der Waals surface area (Å²) in [6.45, 7) is 5.26. The second kappa shape index (κ2) is 15.2. The fourth-order valence-electron chi connectivity index (χ4n) is 6.72. The minimum Gasteiger partial charge on any atom is -0.461 e. The number of anilines is 3.